The SMILES string of the molecule is CC(O)N(N)O. The molecule has 0 spiro atoms. The second kappa shape index (κ2) is 2.09. The lowest BCUT2D eigenvalue weighted by Crippen LogP contribution is -2.35. The number of hydrazine groups is 1. The predicted molar refractivity (Wildman–Crippen MR) is 19.5 cm³/mol. The Hall–Kier alpha value is -0.160. The molecule has 0 radical (unpaired) electrons. The number of aliphatic hydroxyl groups is 1. The van der Waals surface area contributed by atoms with E-state index in [1.807, 2.05) is 0 Å². The predicted octanol–water partition coefficient (Wildman–Crippen LogP) is -1.11. The monoisotopic (exact) mass is 92.1 g/mol. The highest BCUT2D eigenvalue weighted by Gasteiger charge is 1.95. The lowest BCUT2D eigenvalue weighted by Gasteiger charge is -2.08. The summed E-state index contributed by atoms with van der Waals surface area (Å²) in [5.74, 6) is 4.57. The molecular formula is C2H8N2O2. The van der Waals surface area contributed by atoms with E-state index in [2.05, 4.69) is 5.84 Å². The van der Waals surface area contributed by atoms with Gasteiger partial charge in [0.05, 0.1) is 0 Å². The van der Waals surface area contributed by atoms with E-state index < -0.39 is 6.23 Å². The highest BCUT2D eigenvalue weighted by molar-refractivity contribution is 4.23. The van der Waals surface area contributed by atoms with Gasteiger partial charge in [0.1, 0.15) is 6.23 Å². The highest BCUT2D eigenvalue weighted by atomic mass is 16.6. The fourth-order valence-corrected chi connectivity index (χ4v) is 0. The van der Waals surface area contributed by atoms with Crippen molar-refractivity contribution >= 4 is 0 Å². The van der Waals surface area contributed by atoms with Crippen LogP contribution < -0.4 is 5.84 Å². The van der Waals surface area contributed by atoms with Crippen LogP contribution in [0.5, 0.6) is 0 Å². The van der Waals surface area contributed by atoms with Crippen molar-refractivity contribution in [2.24, 2.45) is 5.84 Å². The van der Waals surface area contributed by atoms with E-state index in [1.54, 1.807) is 0 Å². The maximum atomic E-state index is 8.18. The molecule has 0 saturated heterocycles. The first-order valence-corrected chi connectivity index (χ1v) is 1.55. The molecule has 0 bridgehead atoms. The molecule has 4 heteroatoms. The largest absolute Gasteiger partial charge is 0.375 e. The van der Waals surface area contributed by atoms with Crippen LogP contribution >= 0.6 is 0 Å². The highest BCUT2D eigenvalue weighted by Crippen LogP contribution is 1.74. The summed E-state index contributed by atoms with van der Waals surface area (Å²) in [6.45, 7) is 1.35. The van der Waals surface area contributed by atoms with Gasteiger partial charge in [-0.1, -0.05) is 0 Å². The lowest BCUT2D eigenvalue weighted by atomic mass is 10.7. The zero-order valence-electron chi connectivity index (χ0n) is 3.50. The summed E-state index contributed by atoms with van der Waals surface area (Å²) in [6.07, 6.45) is -0.981. The van der Waals surface area contributed by atoms with Gasteiger partial charge >= 0.3 is 0 Å². The van der Waals surface area contributed by atoms with Gasteiger partial charge in [-0.15, -0.1) is 5.17 Å². The van der Waals surface area contributed by atoms with Crippen molar-refractivity contribution in [3.05, 3.63) is 0 Å². The molecule has 38 valence electrons. The Balaban J connectivity index is 2.99. The molecule has 6 heavy (non-hydrogen) atoms. The van der Waals surface area contributed by atoms with E-state index >= 15 is 0 Å². The first-order valence-electron chi connectivity index (χ1n) is 1.55. The van der Waals surface area contributed by atoms with Crippen molar-refractivity contribution in [3.63, 3.8) is 0 Å². The van der Waals surface area contributed by atoms with Crippen LogP contribution in [0.2, 0.25) is 0 Å². The zero-order valence-corrected chi connectivity index (χ0v) is 3.50. The topological polar surface area (TPSA) is 69.7 Å². The fraction of sp³-hybridized carbons (Fsp3) is 1.00. The second-order valence-corrected chi connectivity index (χ2v) is 1.01. The summed E-state index contributed by atoms with van der Waals surface area (Å²) in [4.78, 5) is 0. The molecule has 0 rings (SSSR count). The molecule has 0 aromatic heterocycles. The Morgan fingerprint density at radius 2 is 2.00 bits per heavy atom. The van der Waals surface area contributed by atoms with E-state index in [0.717, 1.165) is 0 Å². The van der Waals surface area contributed by atoms with Crippen LogP contribution in [0.15, 0.2) is 0 Å². The minimum absolute atomic E-state index is 0.222. The van der Waals surface area contributed by atoms with E-state index in [0.29, 0.717) is 0 Å². The molecule has 0 amide bonds. The van der Waals surface area contributed by atoms with Crippen LogP contribution in [0.1, 0.15) is 6.92 Å². The molecule has 1 atom stereocenters. The van der Waals surface area contributed by atoms with Crippen molar-refractivity contribution < 1.29 is 10.3 Å². The van der Waals surface area contributed by atoms with Gasteiger partial charge in [0, 0.05) is 0 Å². The summed E-state index contributed by atoms with van der Waals surface area (Å²) in [5.41, 5.74) is 0. The maximum Gasteiger partial charge on any atom is 0.142 e. The summed E-state index contributed by atoms with van der Waals surface area (Å²) < 4.78 is 0. The minimum atomic E-state index is -0.981. The molecule has 0 aromatic rings. The van der Waals surface area contributed by atoms with Crippen LogP contribution in [0.4, 0.5) is 0 Å². The van der Waals surface area contributed by atoms with Crippen molar-refractivity contribution in [1.82, 2.24) is 5.17 Å². The number of nitrogens with zero attached hydrogens (tertiary/aromatic N) is 1. The zero-order chi connectivity index (χ0) is 5.15. The third-order valence-corrected chi connectivity index (χ3v) is 0.383. The molecule has 0 aliphatic rings. The van der Waals surface area contributed by atoms with Gasteiger partial charge < -0.3 is 5.11 Å². The van der Waals surface area contributed by atoms with Gasteiger partial charge in [-0.3, -0.25) is 5.21 Å². The molecular weight excluding hydrogens is 84.0 g/mol. The summed E-state index contributed by atoms with van der Waals surface area (Å²) >= 11 is 0. The van der Waals surface area contributed by atoms with E-state index in [4.69, 9.17) is 10.3 Å². The molecule has 0 aliphatic heterocycles. The lowest BCUT2D eigenvalue weighted by molar-refractivity contribution is -0.191. The van der Waals surface area contributed by atoms with Gasteiger partial charge in [0.15, 0.2) is 0 Å². The van der Waals surface area contributed by atoms with Crippen LogP contribution in [-0.4, -0.2) is 21.7 Å². The fourth-order valence-electron chi connectivity index (χ4n) is 0. The maximum absolute atomic E-state index is 8.18. The third kappa shape index (κ3) is 2.10. The van der Waals surface area contributed by atoms with Gasteiger partial charge in [0.25, 0.3) is 0 Å². The standard InChI is InChI=1S/C2H8N2O2/c1-2(5)4(3)6/h2,5-6H,3H2,1H3. The van der Waals surface area contributed by atoms with Crippen LogP contribution in [0.25, 0.3) is 0 Å². The Morgan fingerprint density at radius 1 is 1.83 bits per heavy atom. The van der Waals surface area contributed by atoms with Crippen molar-refractivity contribution in [3.8, 4) is 0 Å². The van der Waals surface area contributed by atoms with Crippen molar-refractivity contribution in [2.45, 2.75) is 13.2 Å². The molecule has 0 heterocycles. The van der Waals surface area contributed by atoms with E-state index in [-0.39, 0.29) is 5.17 Å². The number of hydroxylamine groups is 1. The number of nitrogens with two attached hydrogens (primary N) is 1. The smallest absolute Gasteiger partial charge is 0.142 e. The number of aliphatic hydroxyl groups excluding tert-OH is 1. The van der Waals surface area contributed by atoms with Crippen LogP contribution in [0, 0.1) is 0 Å². The molecule has 0 fully saturated rings. The normalized spacial score (nSPS) is 15.5. The Bertz CT molecular complexity index is 30.5. The summed E-state index contributed by atoms with van der Waals surface area (Å²) in [5, 5.41) is 16.4. The number of hydrogen-bond acceptors (Lipinski definition) is 4. The minimum Gasteiger partial charge on any atom is -0.375 e. The average Bonchev–Trinajstić information content (AvgIpc) is 1.36. The molecule has 0 saturated carbocycles. The quantitative estimate of drug-likeness (QED) is 0.218. The molecule has 0 aromatic carbocycles. The Kier molecular flexibility index (Phi) is 2.04. The van der Waals surface area contributed by atoms with Gasteiger partial charge in [-0.05, 0) is 6.92 Å². The number of hydrogen-bond donors (Lipinski definition) is 3. The van der Waals surface area contributed by atoms with Gasteiger partial charge in [-0.25, -0.2) is 5.84 Å². The molecule has 1 unspecified atom stereocenters. The number of rotatable bonds is 1. The second-order valence-electron chi connectivity index (χ2n) is 1.01. The average molecular weight is 92.1 g/mol. The Morgan fingerprint density at radius 3 is 2.00 bits per heavy atom. The first kappa shape index (κ1) is 5.84. The molecule has 0 aliphatic carbocycles. The third-order valence-electron chi connectivity index (χ3n) is 0.383. The first-order chi connectivity index (χ1) is 2.64. The van der Waals surface area contributed by atoms with E-state index in [1.165, 1.54) is 6.92 Å². The summed E-state index contributed by atoms with van der Waals surface area (Å²) in [7, 11) is 0. The van der Waals surface area contributed by atoms with Gasteiger partial charge in [-0.2, -0.15) is 0 Å². The van der Waals surface area contributed by atoms with Crippen molar-refractivity contribution in [2.75, 3.05) is 0 Å². The Labute approximate surface area is 35.7 Å². The molecule has 4 N–H and O–H groups in total. The van der Waals surface area contributed by atoms with Crippen LogP contribution in [-0.2, 0) is 0 Å². The van der Waals surface area contributed by atoms with E-state index in [9.17, 15) is 0 Å². The van der Waals surface area contributed by atoms with Crippen molar-refractivity contribution in [1.29, 1.82) is 0 Å². The van der Waals surface area contributed by atoms with Crippen LogP contribution in [0.3, 0.4) is 0 Å². The van der Waals surface area contributed by atoms with Gasteiger partial charge in [0.2, 0.25) is 0 Å². The molecule has 4 nitrogen and oxygen atoms in total. The summed E-state index contributed by atoms with van der Waals surface area (Å²) in [6, 6.07) is 0.